The highest BCUT2D eigenvalue weighted by atomic mass is 16.5. The second-order valence-corrected chi connectivity index (χ2v) is 6.69. The second-order valence-electron chi connectivity index (χ2n) is 6.69. The number of hydrogen-bond acceptors (Lipinski definition) is 6. The third-order valence-electron chi connectivity index (χ3n) is 4.32. The minimum absolute atomic E-state index is 0.00336. The molecule has 0 spiro atoms. The average Bonchev–Trinajstić information content (AvgIpc) is 2.72. The zero-order valence-corrected chi connectivity index (χ0v) is 18.0. The van der Waals surface area contributed by atoms with Crippen molar-refractivity contribution >= 4 is 5.91 Å². The Balaban J connectivity index is 2.24. The molecule has 0 aromatic heterocycles. The summed E-state index contributed by atoms with van der Waals surface area (Å²) in [6.07, 6.45) is 0.00336. The minimum atomic E-state index is -0.297. The normalized spacial score (nSPS) is 11.6. The molecule has 0 heterocycles. The number of nitrogens with one attached hydrogen (secondary N) is 1. The van der Waals surface area contributed by atoms with Crippen molar-refractivity contribution in [3.63, 3.8) is 0 Å². The van der Waals surface area contributed by atoms with Crippen molar-refractivity contribution in [1.29, 1.82) is 0 Å². The van der Waals surface area contributed by atoms with E-state index in [4.69, 9.17) is 23.7 Å². The second kappa shape index (κ2) is 9.91. The van der Waals surface area contributed by atoms with Crippen molar-refractivity contribution in [3.05, 3.63) is 41.5 Å². The maximum Gasteiger partial charge on any atom is 0.251 e. The molecular weight excluding hydrogens is 374 g/mol. The van der Waals surface area contributed by atoms with Gasteiger partial charge in [-0.3, -0.25) is 4.79 Å². The highest BCUT2D eigenvalue weighted by molar-refractivity contribution is 5.95. The van der Waals surface area contributed by atoms with E-state index < -0.39 is 0 Å². The number of hydrogen-bond donors (Lipinski definition) is 1. The zero-order chi connectivity index (χ0) is 21.6. The minimum Gasteiger partial charge on any atom is -0.493 e. The van der Waals surface area contributed by atoms with Gasteiger partial charge in [-0.1, -0.05) is 0 Å². The van der Waals surface area contributed by atoms with Gasteiger partial charge in [-0.05, 0) is 56.7 Å². The van der Waals surface area contributed by atoms with E-state index in [2.05, 4.69) is 5.32 Å². The van der Waals surface area contributed by atoms with E-state index in [9.17, 15) is 4.79 Å². The Morgan fingerprint density at radius 2 is 1.38 bits per heavy atom. The molecule has 0 aliphatic carbocycles. The third kappa shape index (κ3) is 5.25. The molecule has 2 aromatic carbocycles. The number of carbonyl (C=O) groups is 1. The summed E-state index contributed by atoms with van der Waals surface area (Å²) in [6.45, 7) is 5.74. The van der Waals surface area contributed by atoms with Crippen LogP contribution in [-0.4, -0.2) is 40.5 Å². The number of ether oxygens (including phenoxy) is 5. The maximum atomic E-state index is 12.8. The first-order valence-electron chi connectivity index (χ1n) is 9.30. The van der Waals surface area contributed by atoms with Gasteiger partial charge < -0.3 is 29.0 Å². The SMILES string of the molecule is COc1cc(C(=O)NC(C)c2cc(OC)c(OC)c(OC)c2)ccc1OC(C)C. The predicted molar refractivity (Wildman–Crippen MR) is 111 cm³/mol. The summed E-state index contributed by atoms with van der Waals surface area (Å²) in [5.41, 5.74) is 1.29. The summed E-state index contributed by atoms with van der Waals surface area (Å²) in [6, 6.07) is 8.43. The first kappa shape index (κ1) is 22.2. The van der Waals surface area contributed by atoms with Crippen LogP contribution < -0.4 is 29.0 Å². The van der Waals surface area contributed by atoms with Gasteiger partial charge in [-0.2, -0.15) is 0 Å². The fourth-order valence-electron chi connectivity index (χ4n) is 2.87. The molecule has 0 bridgehead atoms. The number of carbonyl (C=O) groups excluding carboxylic acids is 1. The zero-order valence-electron chi connectivity index (χ0n) is 18.0. The van der Waals surface area contributed by atoms with Crippen LogP contribution in [0.25, 0.3) is 0 Å². The molecule has 0 aliphatic heterocycles. The molecule has 2 aromatic rings. The summed E-state index contributed by atoms with van der Waals surface area (Å²) in [5, 5.41) is 2.98. The third-order valence-corrected chi connectivity index (χ3v) is 4.32. The summed E-state index contributed by atoms with van der Waals surface area (Å²) >= 11 is 0. The van der Waals surface area contributed by atoms with Gasteiger partial charge in [0.25, 0.3) is 5.91 Å². The highest BCUT2D eigenvalue weighted by Gasteiger charge is 2.19. The predicted octanol–water partition coefficient (Wildman–Crippen LogP) is 4.00. The summed E-state index contributed by atoms with van der Waals surface area (Å²) < 4.78 is 27.2. The lowest BCUT2D eigenvalue weighted by molar-refractivity contribution is 0.0939. The lowest BCUT2D eigenvalue weighted by Crippen LogP contribution is -2.26. The Kier molecular flexibility index (Phi) is 7.59. The van der Waals surface area contributed by atoms with E-state index in [1.807, 2.05) is 32.9 Å². The van der Waals surface area contributed by atoms with Gasteiger partial charge in [0.15, 0.2) is 23.0 Å². The van der Waals surface area contributed by atoms with Gasteiger partial charge in [0, 0.05) is 5.56 Å². The Morgan fingerprint density at radius 3 is 1.86 bits per heavy atom. The molecule has 0 radical (unpaired) electrons. The van der Waals surface area contributed by atoms with Crippen molar-refractivity contribution in [3.8, 4) is 28.7 Å². The van der Waals surface area contributed by atoms with E-state index in [0.717, 1.165) is 5.56 Å². The van der Waals surface area contributed by atoms with E-state index in [1.54, 1.807) is 46.6 Å². The fraction of sp³-hybridized carbons (Fsp3) is 0.409. The Morgan fingerprint density at radius 1 is 0.793 bits per heavy atom. The monoisotopic (exact) mass is 403 g/mol. The Labute approximate surface area is 171 Å². The van der Waals surface area contributed by atoms with Gasteiger partial charge in [-0.25, -0.2) is 0 Å². The first-order valence-corrected chi connectivity index (χ1v) is 9.30. The van der Waals surface area contributed by atoms with Crippen LogP contribution in [0.5, 0.6) is 28.7 Å². The smallest absolute Gasteiger partial charge is 0.251 e. The summed E-state index contributed by atoms with van der Waals surface area (Å²) in [7, 11) is 6.20. The Bertz CT molecular complexity index is 824. The molecule has 1 amide bonds. The average molecular weight is 403 g/mol. The van der Waals surface area contributed by atoms with Gasteiger partial charge >= 0.3 is 0 Å². The van der Waals surface area contributed by atoms with Crippen molar-refractivity contribution in [2.24, 2.45) is 0 Å². The van der Waals surface area contributed by atoms with Crippen LogP contribution >= 0.6 is 0 Å². The Hall–Kier alpha value is -3.09. The largest absolute Gasteiger partial charge is 0.493 e. The molecule has 1 N–H and O–H groups in total. The lowest BCUT2D eigenvalue weighted by atomic mass is 10.1. The topological polar surface area (TPSA) is 75.3 Å². The molecule has 0 fully saturated rings. The molecule has 0 saturated heterocycles. The van der Waals surface area contributed by atoms with Crippen molar-refractivity contribution < 1.29 is 28.5 Å². The van der Waals surface area contributed by atoms with Crippen molar-refractivity contribution in [1.82, 2.24) is 5.32 Å². The molecule has 1 atom stereocenters. The van der Waals surface area contributed by atoms with Crippen LogP contribution in [0.2, 0.25) is 0 Å². The lowest BCUT2D eigenvalue weighted by Gasteiger charge is -2.19. The number of methoxy groups -OCH3 is 4. The van der Waals surface area contributed by atoms with E-state index in [1.165, 1.54) is 0 Å². The molecule has 1 unspecified atom stereocenters. The van der Waals surface area contributed by atoms with E-state index >= 15 is 0 Å². The van der Waals surface area contributed by atoms with Crippen LogP contribution in [0.1, 0.15) is 42.7 Å². The summed E-state index contributed by atoms with van der Waals surface area (Å²) in [5.74, 6) is 2.42. The van der Waals surface area contributed by atoms with E-state index in [0.29, 0.717) is 34.3 Å². The highest BCUT2D eigenvalue weighted by Crippen LogP contribution is 2.39. The molecule has 2 rings (SSSR count). The molecule has 7 heteroatoms. The van der Waals surface area contributed by atoms with Crippen molar-refractivity contribution in [2.75, 3.05) is 28.4 Å². The first-order chi connectivity index (χ1) is 13.8. The molecule has 29 heavy (non-hydrogen) atoms. The molecule has 0 aliphatic rings. The molecule has 0 saturated carbocycles. The number of rotatable bonds is 9. The quantitative estimate of drug-likeness (QED) is 0.682. The van der Waals surface area contributed by atoms with Crippen LogP contribution in [0.15, 0.2) is 30.3 Å². The van der Waals surface area contributed by atoms with Gasteiger partial charge in [0.2, 0.25) is 5.75 Å². The molecular formula is C22H29NO6. The van der Waals surface area contributed by atoms with E-state index in [-0.39, 0.29) is 18.1 Å². The molecule has 158 valence electrons. The maximum absolute atomic E-state index is 12.8. The van der Waals surface area contributed by atoms with Crippen LogP contribution in [-0.2, 0) is 0 Å². The van der Waals surface area contributed by atoms with Gasteiger partial charge in [0.1, 0.15) is 0 Å². The van der Waals surface area contributed by atoms with Crippen LogP contribution in [0.4, 0.5) is 0 Å². The van der Waals surface area contributed by atoms with Gasteiger partial charge in [-0.15, -0.1) is 0 Å². The standard InChI is InChI=1S/C22H29NO6/c1-13(2)29-17-9-8-15(10-18(17)25-4)22(24)23-14(3)16-11-19(26-5)21(28-7)20(12-16)27-6/h8-14H,1-7H3,(H,23,24). The summed E-state index contributed by atoms with van der Waals surface area (Å²) in [4.78, 5) is 12.8. The van der Waals surface area contributed by atoms with Crippen LogP contribution in [0, 0.1) is 0 Å². The number of benzene rings is 2. The van der Waals surface area contributed by atoms with Gasteiger partial charge in [0.05, 0.1) is 40.6 Å². The van der Waals surface area contributed by atoms with Crippen molar-refractivity contribution in [2.45, 2.75) is 32.9 Å². The van der Waals surface area contributed by atoms with Crippen LogP contribution in [0.3, 0.4) is 0 Å². The molecule has 7 nitrogen and oxygen atoms in total. The fourth-order valence-corrected chi connectivity index (χ4v) is 2.87. The number of amides is 1.